The van der Waals surface area contributed by atoms with Crippen LogP contribution in [0.5, 0.6) is 0 Å². The summed E-state index contributed by atoms with van der Waals surface area (Å²) in [7, 11) is 0. The Morgan fingerprint density at radius 3 is 3.22 bits per heavy atom. The second-order valence-electron chi connectivity index (χ2n) is 2.07. The van der Waals surface area contributed by atoms with E-state index in [-0.39, 0.29) is 11.8 Å². The van der Waals surface area contributed by atoms with Gasteiger partial charge in [-0.1, -0.05) is 0 Å². The van der Waals surface area contributed by atoms with Gasteiger partial charge in [0.05, 0.1) is 0 Å². The summed E-state index contributed by atoms with van der Waals surface area (Å²) >= 11 is 0. The van der Waals surface area contributed by atoms with E-state index < -0.39 is 0 Å². The van der Waals surface area contributed by atoms with Gasteiger partial charge in [0.2, 0.25) is 5.78 Å². The van der Waals surface area contributed by atoms with E-state index in [0.717, 1.165) is 0 Å². The summed E-state index contributed by atoms with van der Waals surface area (Å²) in [5.41, 5.74) is 0. The molecule has 0 amide bonds. The number of nitrogens with zero attached hydrogens (tertiary/aromatic N) is 3. The molecule has 2 rings (SSSR count). The van der Waals surface area contributed by atoms with Crippen molar-refractivity contribution in [3.8, 4) is 0 Å². The highest BCUT2D eigenvalue weighted by atomic mass is 16.1. The maximum atomic E-state index is 10.8. The van der Waals surface area contributed by atoms with E-state index in [2.05, 4.69) is 10.1 Å². The Labute approximate surface area is 51.5 Å². The van der Waals surface area contributed by atoms with Gasteiger partial charge in [0.15, 0.2) is 5.82 Å². The van der Waals surface area contributed by atoms with Gasteiger partial charge in [0, 0.05) is 0 Å². The first-order valence-corrected chi connectivity index (χ1v) is 2.74. The molecule has 2 heterocycles. The molecule has 1 aromatic heterocycles. The highest BCUT2D eigenvalue weighted by Gasteiger charge is 2.34. The predicted octanol–water partition coefficient (Wildman–Crippen LogP) is 0.0354. The third-order valence-electron chi connectivity index (χ3n) is 1.54. The molecular formula is C5H5N3O. The van der Waals surface area contributed by atoms with Crippen molar-refractivity contribution in [1.82, 2.24) is 14.8 Å². The average molecular weight is 123 g/mol. The smallest absolute Gasteiger partial charge is 0.224 e. The maximum Gasteiger partial charge on any atom is 0.224 e. The third-order valence-corrected chi connectivity index (χ3v) is 1.54. The van der Waals surface area contributed by atoms with Crippen molar-refractivity contribution in [3.63, 3.8) is 0 Å². The van der Waals surface area contributed by atoms with Gasteiger partial charge in [-0.05, 0) is 6.92 Å². The van der Waals surface area contributed by atoms with Crippen molar-refractivity contribution in [1.29, 1.82) is 0 Å². The van der Waals surface area contributed by atoms with E-state index in [1.807, 2.05) is 6.92 Å². The first-order valence-electron chi connectivity index (χ1n) is 2.74. The molecule has 0 aliphatic carbocycles. The molecule has 0 radical (unpaired) electrons. The second kappa shape index (κ2) is 1.21. The first kappa shape index (κ1) is 4.67. The first-order chi connectivity index (χ1) is 4.30. The number of aromatic nitrogens is 3. The zero-order chi connectivity index (χ0) is 6.43. The van der Waals surface area contributed by atoms with Crippen LogP contribution in [0.4, 0.5) is 0 Å². The lowest BCUT2D eigenvalue weighted by atomic mass is 10.1. The molecule has 0 saturated heterocycles. The van der Waals surface area contributed by atoms with E-state index >= 15 is 0 Å². The SMILES string of the molecule is CC1C(=O)c2ncnn21. The predicted molar refractivity (Wildman–Crippen MR) is 29.1 cm³/mol. The van der Waals surface area contributed by atoms with E-state index in [9.17, 15) is 4.79 Å². The lowest BCUT2D eigenvalue weighted by Gasteiger charge is -2.20. The number of carbonyl (C=O) groups excluding carboxylic acids is 1. The molecular weight excluding hydrogens is 118 g/mol. The van der Waals surface area contributed by atoms with Crippen LogP contribution in [0.3, 0.4) is 0 Å². The minimum absolute atomic E-state index is 0.0810. The molecule has 1 atom stereocenters. The topological polar surface area (TPSA) is 47.8 Å². The Bertz CT molecular complexity index is 265. The Morgan fingerprint density at radius 2 is 2.56 bits per heavy atom. The summed E-state index contributed by atoms with van der Waals surface area (Å²) in [6, 6.07) is -0.0810. The summed E-state index contributed by atoms with van der Waals surface area (Å²) in [6.07, 6.45) is 1.40. The van der Waals surface area contributed by atoms with Crippen LogP contribution in [0.2, 0.25) is 0 Å². The second-order valence-corrected chi connectivity index (χ2v) is 2.07. The van der Waals surface area contributed by atoms with Crippen LogP contribution >= 0.6 is 0 Å². The lowest BCUT2D eigenvalue weighted by molar-refractivity contribution is 0.0838. The molecule has 0 N–H and O–H groups in total. The number of Topliss-reactive ketones (excluding diaryl/α,β-unsaturated/α-hetero) is 1. The normalized spacial score (nSPS) is 23.2. The van der Waals surface area contributed by atoms with Gasteiger partial charge in [0.1, 0.15) is 12.4 Å². The van der Waals surface area contributed by atoms with Crippen LogP contribution in [0, 0.1) is 0 Å². The maximum absolute atomic E-state index is 10.8. The van der Waals surface area contributed by atoms with Crippen molar-refractivity contribution in [2.75, 3.05) is 0 Å². The van der Waals surface area contributed by atoms with Crippen molar-refractivity contribution < 1.29 is 4.79 Å². The summed E-state index contributed by atoms with van der Waals surface area (Å²) in [4.78, 5) is 14.5. The fourth-order valence-electron chi connectivity index (χ4n) is 0.942. The minimum atomic E-state index is -0.0810. The Balaban J connectivity index is 2.62. The Morgan fingerprint density at radius 1 is 1.78 bits per heavy atom. The number of hydrogen-bond donors (Lipinski definition) is 0. The Hall–Kier alpha value is -1.19. The molecule has 1 aliphatic rings. The quantitative estimate of drug-likeness (QED) is 0.489. The molecule has 0 fully saturated rings. The lowest BCUT2D eigenvalue weighted by Crippen LogP contribution is -2.32. The Kier molecular flexibility index (Phi) is 0.625. The van der Waals surface area contributed by atoms with Crippen molar-refractivity contribution in [3.05, 3.63) is 12.2 Å². The van der Waals surface area contributed by atoms with Crippen molar-refractivity contribution >= 4 is 5.78 Å². The van der Waals surface area contributed by atoms with Crippen LogP contribution in [-0.4, -0.2) is 20.5 Å². The molecule has 4 nitrogen and oxygen atoms in total. The highest BCUT2D eigenvalue weighted by molar-refractivity contribution is 6.00. The number of fused-ring (bicyclic) bond motifs is 1. The number of carbonyl (C=O) groups is 1. The van der Waals surface area contributed by atoms with Crippen LogP contribution in [-0.2, 0) is 0 Å². The van der Waals surface area contributed by atoms with E-state index in [0.29, 0.717) is 5.82 Å². The molecule has 4 heteroatoms. The zero-order valence-corrected chi connectivity index (χ0v) is 4.90. The highest BCUT2D eigenvalue weighted by Crippen LogP contribution is 2.21. The fourth-order valence-corrected chi connectivity index (χ4v) is 0.942. The van der Waals surface area contributed by atoms with E-state index in [1.54, 1.807) is 4.68 Å². The molecule has 46 valence electrons. The van der Waals surface area contributed by atoms with Crippen molar-refractivity contribution in [2.45, 2.75) is 13.0 Å². The number of rotatable bonds is 0. The molecule has 0 saturated carbocycles. The van der Waals surface area contributed by atoms with Gasteiger partial charge in [-0.15, -0.1) is 0 Å². The van der Waals surface area contributed by atoms with Crippen LogP contribution in [0.25, 0.3) is 0 Å². The van der Waals surface area contributed by atoms with Gasteiger partial charge in [-0.25, -0.2) is 9.67 Å². The fraction of sp³-hybridized carbons (Fsp3) is 0.400. The van der Waals surface area contributed by atoms with Crippen LogP contribution in [0.1, 0.15) is 23.6 Å². The summed E-state index contributed by atoms with van der Waals surface area (Å²) in [5, 5.41) is 3.82. The number of hydrogen-bond acceptors (Lipinski definition) is 3. The van der Waals surface area contributed by atoms with Gasteiger partial charge in [-0.3, -0.25) is 4.79 Å². The standard InChI is InChI=1S/C5H5N3O/c1-3-4(9)5-6-2-7-8(3)5/h2-3H,1H3. The van der Waals surface area contributed by atoms with Gasteiger partial charge in [-0.2, -0.15) is 5.10 Å². The molecule has 0 bridgehead atoms. The van der Waals surface area contributed by atoms with E-state index in [4.69, 9.17) is 0 Å². The number of ketones is 1. The monoisotopic (exact) mass is 123 g/mol. The molecule has 0 spiro atoms. The van der Waals surface area contributed by atoms with Crippen LogP contribution < -0.4 is 0 Å². The molecule has 0 aromatic carbocycles. The summed E-state index contributed by atoms with van der Waals surface area (Å²) < 4.78 is 1.61. The van der Waals surface area contributed by atoms with E-state index in [1.165, 1.54) is 6.33 Å². The average Bonchev–Trinajstić information content (AvgIpc) is 2.30. The minimum Gasteiger partial charge on any atom is -0.288 e. The van der Waals surface area contributed by atoms with Crippen LogP contribution in [0.15, 0.2) is 6.33 Å². The zero-order valence-electron chi connectivity index (χ0n) is 4.90. The van der Waals surface area contributed by atoms with Gasteiger partial charge in [0.25, 0.3) is 0 Å². The van der Waals surface area contributed by atoms with Crippen molar-refractivity contribution in [2.24, 2.45) is 0 Å². The summed E-state index contributed by atoms with van der Waals surface area (Å²) in [6.45, 7) is 1.81. The van der Waals surface area contributed by atoms with Gasteiger partial charge >= 0.3 is 0 Å². The largest absolute Gasteiger partial charge is 0.288 e. The molecule has 1 aliphatic heterocycles. The molecule has 1 aromatic rings. The third kappa shape index (κ3) is 0.364. The molecule has 1 unspecified atom stereocenters. The molecule has 9 heavy (non-hydrogen) atoms. The summed E-state index contributed by atoms with van der Waals surface area (Å²) in [5.74, 6) is 0.579. The van der Waals surface area contributed by atoms with Gasteiger partial charge < -0.3 is 0 Å².